The lowest BCUT2D eigenvalue weighted by atomic mass is 10.0. The third-order valence-electron chi connectivity index (χ3n) is 3.16. The molecule has 0 saturated heterocycles. The highest BCUT2D eigenvalue weighted by Gasteiger charge is 2.23. The minimum absolute atomic E-state index is 0.00887. The molecular weight excluding hydrogens is 280 g/mol. The van der Waals surface area contributed by atoms with E-state index in [0.717, 1.165) is 15.7 Å². The number of rotatable bonds is 4. The molecule has 0 amide bonds. The van der Waals surface area contributed by atoms with Crippen molar-refractivity contribution in [3.8, 4) is 0 Å². The van der Waals surface area contributed by atoms with Gasteiger partial charge in [0.25, 0.3) is 0 Å². The van der Waals surface area contributed by atoms with Gasteiger partial charge in [0.15, 0.2) is 0 Å². The number of likely N-dealkylation sites (N-methyl/N-ethyl adjacent to an activating group) is 1. The van der Waals surface area contributed by atoms with Gasteiger partial charge in [-0.2, -0.15) is 0 Å². The van der Waals surface area contributed by atoms with Crippen molar-refractivity contribution in [2.24, 2.45) is 5.73 Å². The minimum Gasteiger partial charge on any atom is -0.394 e. The minimum atomic E-state index is -0.282. The van der Waals surface area contributed by atoms with Crippen molar-refractivity contribution in [1.29, 1.82) is 0 Å². The molecule has 1 aromatic rings. The molecule has 0 aliphatic heterocycles. The van der Waals surface area contributed by atoms with Crippen LogP contribution in [0.3, 0.4) is 0 Å². The zero-order chi connectivity index (χ0) is 13.2. The van der Waals surface area contributed by atoms with Gasteiger partial charge in [0.2, 0.25) is 0 Å². The predicted molar refractivity (Wildman–Crippen MR) is 76.3 cm³/mol. The van der Waals surface area contributed by atoms with E-state index in [-0.39, 0.29) is 18.2 Å². The highest BCUT2D eigenvalue weighted by atomic mass is 79.9. The van der Waals surface area contributed by atoms with E-state index >= 15 is 0 Å². The molecule has 17 heavy (non-hydrogen) atoms. The van der Waals surface area contributed by atoms with Crippen molar-refractivity contribution in [1.82, 2.24) is 0 Å². The van der Waals surface area contributed by atoms with Crippen LogP contribution in [0.4, 0.5) is 5.69 Å². The Balaban J connectivity index is 3.06. The van der Waals surface area contributed by atoms with E-state index in [1.807, 2.05) is 46.0 Å². The van der Waals surface area contributed by atoms with Gasteiger partial charge in [0, 0.05) is 23.2 Å². The normalized spacial score (nSPS) is 13.6. The lowest BCUT2D eigenvalue weighted by molar-refractivity contribution is 0.216. The lowest BCUT2D eigenvalue weighted by Crippen LogP contribution is -2.44. The molecule has 0 fully saturated rings. The van der Waals surface area contributed by atoms with E-state index in [2.05, 4.69) is 20.8 Å². The smallest absolute Gasteiger partial charge is 0.0658 e. The molecule has 0 aliphatic carbocycles. The number of nitrogens with zero attached hydrogens (tertiary/aromatic N) is 1. The molecule has 1 atom stereocenters. The average molecular weight is 301 g/mol. The number of nitrogens with two attached hydrogens (primary N) is 1. The number of anilines is 1. The first-order valence-corrected chi connectivity index (χ1v) is 6.48. The first kappa shape index (κ1) is 14.5. The number of aliphatic hydroxyl groups excluding tert-OH is 1. The summed E-state index contributed by atoms with van der Waals surface area (Å²) in [5.41, 5.74) is 7.73. The molecule has 3 nitrogen and oxygen atoms in total. The second-order valence-corrected chi connectivity index (χ2v) is 5.88. The predicted octanol–water partition coefficient (Wildman–Crippen LogP) is 2.68. The molecule has 0 bridgehead atoms. The van der Waals surface area contributed by atoms with Crippen molar-refractivity contribution in [3.63, 3.8) is 0 Å². The van der Waals surface area contributed by atoms with E-state index in [1.165, 1.54) is 0 Å². The molecule has 3 N–H and O–H groups in total. The summed E-state index contributed by atoms with van der Waals surface area (Å²) in [6.45, 7) is 6.07. The van der Waals surface area contributed by atoms with Crippen molar-refractivity contribution in [2.45, 2.75) is 32.4 Å². The molecule has 1 aromatic carbocycles. The molecule has 0 aromatic heterocycles. The standard InChI is InChI=1S/C13H21BrN2O/c1-9(15)11-6-5-10(7-12(11)14)16(4)13(2,3)8-17/h5-7,9,17H,8,15H2,1-4H3. The van der Waals surface area contributed by atoms with Gasteiger partial charge in [-0.15, -0.1) is 0 Å². The first-order valence-electron chi connectivity index (χ1n) is 5.69. The summed E-state index contributed by atoms with van der Waals surface area (Å²) in [6, 6.07) is 6.10. The summed E-state index contributed by atoms with van der Waals surface area (Å²) >= 11 is 3.54. The molecule has 0 spiro atoms. The number of hydrogen-bond donors (Lipinski definition) is 2. The molecule has 1 rings (SSSR count). The van der Waals surface area contributed by atoms with E-state index in [1.54, 1.807) is 0 Å². The van der Waals surface area contributed by atoms with Crippen LogP contribution in [0, 0.1) is 0 Å². The quantitative estimate of drug-likeness (QED) is 0.899. The maximum Gasteiger partial charge on any atom is 0.0658 e. The Morgan fingerprint density at radius 3 is 2.47 bits per heavy atom. The van der Waals surface area contributed by atoms with Crippen LogP contribution in [0.25, 0.3) is 0 Å². The van der Waals surface area contributed by atoms with Gasteiger partial charge in [-0.1, -0.05) is 22.0 Å². The van der Waals surface area contributed by atoms with Gasteiger partial charge < -0.3 is 15.7 Å². The van der Waals surface area contributed by atoms with Gasteiger partial charge in [0.1, 0.15) is 0 Å². The Bertz CT molecular complexity index is 391. The van der Waals surface area contributed by atoms with Crippen LogP contribution in [0.1, 0.15) is 32.4 Å². The van der Waals surface area contributed by atoms with E-state index in [0.29, 0.717) is 0 Å². The van der Waals surface area contributed by atoms with Crippen molar-refractivity contribution in [2.75, 3.05) is 18.6 Å². The van der Waals surface area contributed by atoms with E-state index in [4.69, 9.17) is 5.73 Å². The van der Waals surface area contributed by atoms with Crippen LogP contribution < -0.4 is 10.6 Å². The van der Waals surface area contributed by atoms with Crippen LogP contribution in [0.15, 0.2) is 22.7 Å². The zero-order valence-corrected chi connectivity index (χ0v) is 12.5. The summed E-state index contributed by atoms with van der Waals surface area (Å²) in [7, 11) is 1.98. The fourth-order valence-electron chi connectivity index (χ4n) is 1.55. The number of halogens is 1. The third kappa shape index (κ3) is 3.21. The van der Waals surface area contributed by atoms with Crippen LogP contribution in [-0.4, -0.2) is 24.3 Å². The van der Waals surface area contributed by atoms with E-state index in [9.17, 15) is 5.11 Å². The summed E-state index contributed by atoms with van der Waals surface area (Å²) < 4.78 is 1.01. The van der Waals surface area contributed by atoms with Crippen LogP contribution >= 0.6 is 15.9 Å². The Hall–Kier alpha value is -0.580. The average Bonchev–Trinajstić information content (AvgIpc) is 2.27. The lowest BCUT2D eigenvalue weighted by Gasteiger charge is -2.36. The maximum atomic E-state index is 9.36. The Morgan fingerprint density at radius 1 is 1.47 bits per heavy atom. The number of benzene rings is 1. The van der Waals surface area contributed by atoms with Crippen molar-refractivity contribution >= 4 is 21.6 Å². The maximum absolute atomic E-state index is 9.36. The Morgan fingerprint density at radius 2 is 2.06 bits per heavy atom. The van der Waals surface area contributed by atoms with Gasteiger partial charge >= 0.3 is 0 Å². The summed E-state index contributed by atoms with van der Waals surface area (Å²) in [5, 5.41) is 9.36. The fourth-order valence-corrected chi connectivity index (χ4v) is 2.28. The summed E-state index contributed by atoms with van der Waals surface area (Å²) in [4.78, 5) is 2.06. The van der Waals surface area contributed by atoms with Crippen LogP contribution in [0.5, 0.6) is 0 Å². The zero-order valence-electron chi connectivity index (χ0n) is 10.9. The molecular formula is C13H21BrN2O. The third-order valence-corrected chi connectivity index (χ3v) is 3.84. The topological polar surface area (TPSA) is 49.5 Å². The summed E-state index contributed by atoms with van der Waals surface area (Å²) in [6.07, 6.45) is 0. The van der Waals surface area contributed by atoms with E-state index < -0.39 is 0 Å². The van der Waals surface area contributed by atoms with Crippen LogP contribution in [-0.2, 0) is 0 Å². The highest BCUT2D eigenvalue weighted by molar-refractivity contribution is 9.10. The largest absolute Gasteiger partial charge is 0.394 e. The number of aliphatic hydroxyl groups is 1. The molecule has 0 saturated carbocycles. The molecule has 0 radical (unpaired) electrons. The van der Waals surface area contributed by atoms with Crippen molar-refractivity contribution in [3.05, 3.63) is 28.2 Å². The van der Waals surface area contributed by atoms with Gasteiger partial charge in [-0.05, 0) is 38.5 Å². The summed E-state index contributed by atoms with van der Waals surface area (Å²) in [5.74, 6) is 0. The van der Waals surface area contributed by atoms with Crippen molar-refractivity contribution < 1.29 is 5.11 Å². The highest BCUT2D eigenvalue weighted by Crippen LogP contribution is 2.29. The van der Waals surface area contributed by atoms with Gasteiger partial charge in [0.05, 0.1) is 12.1 Å². The van der Waals surface area contributed by atoms with Crippen LogP contribution in [0.2, 0.25) is 0 Å². The Labute approximate surface area is 112 Å². The molecule has 4 heteroatoms. The number of hydrogen-bond acceptors (Lipinski definition) is 3. The second kappa shape index (κ2) is 5.38. The molecule has 0 heterocycles. The first-order chi connectivity index (χ1) is 7.79. The molecule has 96 valence electrons. The second-order valence-electron chi connectivity index (χ2n) is 5.02. The SMILES string of the molecule is CC(N)c1ccc(N(C)C(C)(C)CO)cc1Br. The fraction of sp³-hybridized carbons (Fsp3) is 0.538. The Kier molecular flexibility index (Phi) is 4.58. The monoisotopic (exact) mass is 300 g/mol. The molecule has 0 aliphatic rings. The molecule has 1 unspecified atom stereocenters. The van der Waals surface area contributed by atoms with Gasteiger partial charge in [-0.3, -0.25) is 0 Å². The van der Waals surface area contributed by atoms with Gasteiger partial charge in [-0.25, -0.2) is 0 Å².